The third-order valence-corrected chi connectivity index (χ3v) is 4.47. The molecule has 3 aromatic carbocycles. The van der Waals surface area contributed by atoms with Crippen molar-refractivity contribution in [3.63, 3.8) is 0 Å². The molecule has 106 valence electrons. The maximum atomic E-state index is 9.26. The number of hydrogen-bond acceptors (Lipinski definition) is 2. The Balaban J connectivity index is 1.93. The Morgan fingerprint density at radius 2 is 1.67 bits per heavy atom. The highest BCUT2D eigenvalue weighted by molar-refractivity contribution is 5.99. The second kappa shape index (κ2) is 5.05. The zero-order chi connectivity index (χ0) is 14.2. The van der Waals surface area contributed by atoms with Crippen molar-refractivity contribution in [2.45, 2.75) is 18.8 Å². The van der Waals surface area contributed by atoms with Crippen molar-refractivity contribution in [3.8, 4) is 5.75 Å². The molecule has 0 fully saturated rings. The van der Waals surface area contributed by atoms with Gasteiger partial charge in [-0.3, -0.25) is 0 Å². The zero-order valence-electron chi connectivity index (χ0n) is 11.9. The number of benzene rings is 3. The Labute approximate surface area is 124 Å². The van der Waals surface area contributed by atoms with Crippen molar-refractivity contribution in [1.29, 1.82) is 0 Å². The summed E-state index contributed by atoms with van der Waals surface area (Å²) in [5, 5.41) is 14.2. The van der Waals surface area contributed by atoms with E-state index in [1.165, 1.54) is 27.1 Å². The summed E-state index contributed by atoms with van der Waals surface area (Å²) in [6.07, 6.45) is 1.81. The van der Waals surface area contributed by atoms with Gasteiger partial charge in [-0.15, -0.1) is 0 Å². The molecule has 0 radical (unpaired) electrons. The summed E-state index contributed by atoms with van der Waals surface area (Å²) in [6, 6.07) is 17.3. The topological polar surface area (TPSA) is 29.5 Å². The molecule has 1 N–H and O–H groups in total. The van der Waals surface area contributed by atoms with Crippen molar-refractivity contribution < 1.29 is 9.84 Å². The van der Waals surface area contributed by atoms with E-state index in [0.717, 1.165) is 25.2 Å². The Hall–Kier alpha value is -2.06. The van der Waals surface area contributed by atoms with E-state index in [0.29, 0.717) is 5.92 Å². The summed E-state index contributed by atoms with van der Waals surface area (Å²) >= 11 is 0. The minimum Gasteiger partial charge on any atom is -0.493 e. The lowest BCUT2D eigenvalue weighted by molar-refractivity contribution is 0.230. The number of fused-ring (bicyclic) bond motifs is 3. The standard InChI is InChI=1S/C19H18O2/c20-7-5-13-6-8-21-19-12-17-10-15-4-2-1-3-14(15)9-16(17)11-18(13)19/h1-4,9-13,20H,5-8H2. The van der Waals surface area contributed by atoms with Crippen molar-refractivity contribution in [2.75, 3.05) is 13.2 Å². The van der Waals surface area contributed by atoms with Gasteiger partial charge in [0.2, 0.25) is 0 Å². The van der Waals surface area contributed by atoms with E-state index in [9.17, 15) is 5.11 Å². The molecule has 1 atom stereocenters. The second-order valence-electron chi connectivity index (χ2n) is 5.78. The molecule has 21 heavy (non-hydrogen) atoms. The van der Waals surface area contributed by atoms with Gasteiger partial charge in [-0.2, -0.15) is 0 Å². The molecule has 0 bridgehead atoms. The van der Waals surface area contributed by atoms with Gasteiger partial charge in [0.05, 0.1) is 6.61 Å². The fourth-order valence-corrected chi connectivity index (χ4v) is 3.36. The second-order valence-corrected chi connectivity index (χ2v) is 5.78. The lowest BCUT2D eigenvalue weighted by Crippen LogP contribution is -2.15. The van der Waals surface area contributed by atoms with Crippen molar-refractivity contribution in [3.05, 3.63) is 54.1 Å². The van der Waals surface area contributed by atoms with Crippen LogP contribution in [0, 0.1) is 0 Å². The van der Waals surface area contributed by atoms with Crippen LogP contribution in [0.15, 0.2) is 48.5 Å². The van der Waals surface area contributed by atoms with Gasteiger partial charge < -0.3 is 9.84 Å². The average molecular weight is 278 g/mol. The lowest BCUT2D eigenvalue weighted by Gasteiger charge is -2.26. The number of hydrogen-bond donors (Lipinski definition) is 1. The maximum Gasteiger partial charge on any atom is 0.123 e. The van der Waals surface area contributed by atoms with E-state index in [1.807, 2.05) is 0 Å². The van der Waals surface area contributed by atoms with Crippen LogP contribution in [0.5, 0.6) is 5.75 Å². The first-order valence-electron chi connectivity index (χ1n) is 7.55. The van der Waals surface area contributed by atoms with Gasteiger partial charge >= 0.3 is 0 Å². The van der Waals surface area contributed by atoms with Gasteiger partial charge in [-0.25, -0.2) is 0 Å². The lowest BCUT2D eigenvalue weighted by atomic mass is 9.88. The van der Waals surface area contributed by atoms with Gasteiger partial charge in [0, 0.05) is 6.61 Å². The van der Waals surface area contributed by atoms with E-state index in [2.05, 4.69) is 48.5 Å². The Bertz CT molecular complexity index is 807. The van der Waals surface area contributed by atoms with Crippen LogP contribution in [0.1, 0.15) is 24.3 Å². The van der Waals surface area contributed by atoms with Gasteiger partial charge in [0.1, 0.15) is 5.75 Å². The number of aliphatic hydroxyl groups is 1. The molecule has 1 aliphatic rings. The van der Waals surface area contributed by atoms with Gasteiger partial charge in [0.15, 0.2) is 0 Å². The van der Waals surface area contributed by atoms with Crippen LogP contribution < -0.4 is 4.74 Å². The summed E-state index contributed by atoms with van der Waals surface area (Å²) < 4.78 is 5.84. The van der Waals surface area contributed by atoms with Crippen LogP contribution in [0.3, 0.4) is 0 Å². The molecule has 0 spiro atoms. The van der Waals surface area contributed by atoms with E-state index >= 15 is 0 Å². The predicted molar refractivity (Wildman–Crippen MR) is 86.0 cm³/mol. The molecule has 0 saturated heterocycles. The average Bonchev–Trinajstić information content (AvgIpc) is 2.52. The summed E-state index contributed by atoms with van der Waals surface area (Å²) in [4.78, 5) is 0. The summed E-state index contributed by atoms with van der Waals surface area (Å²) in [5.41, 5.74) is 1.25. The van der Waals surface area contributed by atoms with E-state index in [-0.39, 0.29) is 6.61 Å². The Morgan fingerprint density at radius 1 is 0.952 bits per heavy atom. The largest absolute Gasteiger partial charge is 0.493 e. The van der Waals surface area contributed by atoms with E-state index in [4.69, 9.17) is 4.74 Å². The molecule has 0 aromatic heterocycles. The smallest absolute Gasteiger partial charge is 0.123 e. The van der Waals surface area contributed by atoms with Gasteiger partial charge in [0.25, 0.3) is 0 Å². The molecule has 1 aliphatic heterocycles. The van der Waals surface area contributed by atoms with Crippen LogP contribution in [-0.2, 0) is 0 Å². The minimum atomic E-state index is 0.236. The summed E-state index contributed by atoms with van der Waals surface area (Å²) in [7, 11) is 0. The van der Waals surface area contributed by atoms with Crippen LogP contribution in [0.4, 0.5) is 0 Å². The summed E-state index contributed by atoms with van der Waals surface area (Å²) in [6.45, 7) is 0.983. The fraction of sp³-hybridized carbons (Fsp3) is 0.263. The highest BCUT2D eigenvalue weighted by atomic mass is 16.5. The fourth-order valence-electron chi connectivity index (χ4n) is 3.36. The number of aliphatic hydroxyl groups excluding tert-OH is 1. The first-order chi connectivity index (χ1) is 10.3. The predicted octanol–water partition coefficient (Wildman–Crippen LogP) is 4.24. The Kier molecular flexibility index (Phi) is 3.04. The van der Waals surface area contributed by atoms with Gasteiger partial charge in [-0.05, 0) is 70.1 Å². The first-order valence-corrected chi connectivity index (χ1v) is 7.55. The van der Waals surface area contributed by atoms with Crippen molar-refractivity contribution >= 4 is 21.5 Å². The SMILES string of the molecule is OCCC1CCOc2cc3cc4ccccc4cc3cc21. The molecule has 4 rings (SSSR count). The third kappa shape index (κ3) is 2.16. The highest BCUT2D eigenvalue weighted by Crippen LogP contribution is 2.39. The number of rotatable bonds is 2. The van der Waals surface area contributed by atoms with Crippen LogP contribution in [-0.4, -0.2) is 18.3 Å². The van der Waals surface area contributed by atoms with Crippen LogP contribution in [0.25, 0.3) is 21.5 Å². The quantitative estimate of drug-likeness (QED) is 0.710. The molecular formula is C19H18O2. The van der Waals surface area contributed by atoms with Crippen molar-refractivity contribution in [2.24, 2.45) is 0 Å². The van der Waals surface area contributed by atoms with Crippen LogP contribution in [0.2, 0.25) is 0 Å². The summed E-state index contributed by atoms with van der Waals surface area (Å²) in [5.74, 6) is 1.40. The molecule has 0 aliphatic carbocycles. The first kappa shape index (κ1) is 12.7. The zero-order valence-corrected chi connectivity index (χ0v) is 11.9. The molecule has 2 nitrogen and oxygen atoms in total. The van der Waals surface area contributed by atoms with Gasteiger partial charge in [-0.1, -0.05) is 24.3 Å². The maximum absolute atomic E-state index is 9.26. The normalized spacial score (nSPS) is 17.7. The Morgan fingerprint density at radius 3 is 2.38 bits per heavy atom. The van der Waals surface area contributed by atoms with E-state index < -0.39 is 0 Å². The molecule has 2 heteroatoms. The minimum absolute atomic E-state index is 0.236. The van der Waals surface area contributed by atoms with Crippen molar-refractivity contribution in [1.82, 2.24) is 0 Å². The van der Waals surface area contributed by atoms with E-state index in [1.54, 1.807) is 0 Å². The monoisotopic (exact) mass is 278 g/mol. The number of ether oxygens (including phenoxy) is 1. The molecule has 3 aromatic rings. The molecule has 1 heterocycles. The van der Waals surface area contributed by atoms with Crippen LogP contribution >= 0.6 is 0 Å². The highest BCUT2D eigenvalue weighted by Gasteiger charge is 2.21. The molecule has 1 unspecified atom stereocenters. The molecule has 0 amide bonds. The molecular weight excluding hydrogens is 260 g/mol. The third-order valence-electron chi connectivity index (χ3n) is 4.47. The molecule has 0 saturated carbocycles.